The number of carbonyl (C=O) groups is 1. The number of nitrogens with one attached hydrogen (secondary N) is 1. The maximum Gasteiger partial charge on any atom is 0.275 e. The average Bonchev–Trinajstić information content (AvgIpc) is 2.68. The first-order chi connectivity index (χ1) is 7.66. The zero-order chi connectivity index (χ0) is 11.5. The summed E-state index contributed by atoms with van der Waals surface area (Å²) in [5.41, 5.74) is 0.500. The van der Waals surface area contributed by atoms with Crippen LogP contribution < -0.4 is 5.32 Å². The van der Waals surface area contributed by atoms with Gasteiger partial charge in [-0.25, -0.2) is 4.98 Å². The van der Waals surface area contributed by atoms with Gasteiger partial charge in [0.2, 0.25) is 0 Å². The smallest absolute Gasteiger partial charge is 0.275 e. The van der Waals surface area contributed by atoms with E-state index in [1.165, 1.54) is 4.68 Å². The van der Waals surface area contributed by atoms with Crippen LogP contribution in [0.15, 0.2) is 30.6 Å². The van der Waals surface area contributed by atoms with Gasteiger partial charge in [-0.05, 0) is 40.8 Å². The fourth-order valence-corrected chi connectivity index (χ4v) is 1.55. The van der Waals surface area contributed by atoms with Crippen LogP contribution in [0.1, 0.15) is 10.5 Å². The van der Waals surface area contributed by atoms with Crippen LogP contribution in [-0.4, -0.2) is 20.7 Å². The van der Waals surface area contributed by atoms with Gasteiger partial charge < -0.3 is 5.32 Å². The molecular formula is C10H9IN4O. The largest absolute Gasteiger partial charge is 0.305 e. The number of hydrogen-bond acceptors (Lipinski definition) is 3. The van der Waals surface area contributed by atoms with Crippen molar-refractivity contribution in [3.05, 3.63) is 39.9 Å². The van der Waals surface area contributed by atoms with Gasteiger partial charge in [0, 0.05) is 23.0 Å². The Morgan fingerprint density at radius 3 is 2.81 bits per heavy atom. The summed E-state index contributed by atoms with van der Waals surface area (Å²) in [6.07, 6.45) is 3.27. The first kappa shape index (κ1) is 11.1. The van der Waals surface area contributed by atoms with Crippen molar-refractivity contribution in [2.75, 3.05) is 5.32 Å². The second kappa shape index (κ2) is 4.60. The highest BCUT2D eigenvalue weighted by Crippen LogP contribution is 2.08. The molecule has 0 radical (unpaired) electrons. The van der Waals surface area contributed by atoms with Gasteiger partial charge in [0.1, 0.15) is 11.5 Å². The van der Waals surface area contributed by atoms with Crippen molar-refractivity contribution in [2.45, 2.75) is 0 Å². The lowest BCUT2D eigenvalue weighted by atomic mass is 10.4. The predicted molar refractivity (Wildman–Crippen MR) is 68.1 cm³/mol. The highest BCUT2D eigenvalue weighted by atomic mass is 127. The monoisotopic (exact) mass is 328 g/mol. The molecule has 1 N–H and O–H groups in total. The van der Waals surface area contributed by atoms with Crippen LogP contribution in [-0.2, 0) is 7.05 Å². The number of rotatable bonds is 2. The molecule has 0 unspecified atom stereocenters. The van der Waals surface area contributed by atoms with Crippen molar-refractivity contribution >= 4 is 34.3 Å². The van der Waals surface area contributed by atoms with Crippen LogP contribution >= 0.6 is 22.6 Å². The van der Waals surface area contributed by atoms with Crippen LogP contribution in [0.25, 0.3) is 0 Å². The number of carbonyl (C=O) groups excluding carboxylic acids is 1. The number of aromatic nitrogens is 3. The molecule has 0 atom stereocenters. The summed E-state index contributed by atoms with van der Waals surface area (Å²) in [6, 6.07) is 5.30. The molecule has 2 heterocycles. The second-order valence-electron chi connectivity index (χ2n) is 3.16. The fraction of sp³-hybridized carbons (Fsp3) is 0.100. The molecule has 0 saturated carbocycles. The fourth-order valence-electron chi connectivity index (χ4n) is 1.23. The average molecular weight is 328 g/mol. The number of pyridine rings is 1. The topological polar surface area (TPSA) is 59.8 Å². The van der Waals surface area contributed by atoms with E-state index in [1.54, 1.807) is 31.6 Å². The third-order valence-corrected chi connectivity index (χ3v) is 2.66. The van der Waals surface area contributed by atoms with Crippen molar-refractivity contribution in [1.29, 1.82) is 0 Å². The van der Waals surface area contributed by atoms with Gasteiger partial charge in [0.15, 0.2) is 0 Å². The first-order valence-electron chi connectivity index (χ1n) is 4.58. The third kappa shape index (κ3) is 2.38. The lowest BCUT2D eigenvalue weighted by Crippen LogP contribution is -2.16. The van der Waals surface area contributed by atoms with E-state index in [0.29, 0.717) is 11.5 Å². The summed E-state index contributed by atoms with van der Waals surface area (Å²) >= 11 is 2.16. The zero-order valence-corrected chi connectivity index (χ0v) is 10.7. The van der Waals surface area contributed by atoms with Crippen molar-refractivity contribution in [1.82, 2.24) is 14.8 Å². The number of nitrogens with zero attached hydrogens (tertiary/aromatic N) is 3. The summed E-state index contributed by atoms with van der Waals surface area (Å²) in [5.74, 6) is 0.320. The molecule has 0 aliphatic heterocycles. The lowest BCUT2D eigenvalue weighted by molar-refractivity contribution is 0.101. The molecule has 1 amide bonds. The van der Waals surface area contributed by atoms with Crippen molar-refractivity contribution in [3.8, 4) is 0 Å². The van der Waals surface area contributed by atoms with Gasteiger partial charge in [0.25, 0.3) is 5.91 Å². The molecule has 82 valence electrons. The number of halogens is 1. The molecule has 0 saturated heterocycles. The number of hydrogen-bond donors (Lipinski definition) is 1. The Labute approximate surface area is 106 Å². The molecule has 0 aromatic carbocycles. The van der Waals surface area contributed by atoms with E-state index >= 15 is 0 Å². The van der Waals surface area contributed by atoms with E-state index in [-0.39, 0.29) is 5.91 Å². The summed E-state index contributed by atoms with van der Waals surface area (Å²) in [4.78, 5) is 15.9. The van der Waals surface area contributed by atoms with E-state index in [1.807, 2.05) is 6.07 Å². The Kier molecular flexibility index (Phi) is 3.18. The zero-order valence-electron chi connectivity index (χ0n) is 8.51. The molecule has 0 bridgehead atoms. The van der Waals surface area contributed by atoms with E-state index < -0.39 is 0 Å². The molecule has 0 aliphatic rings. The van der Waals surface area contributed by atoms with Gasteiger partial charge in [0.05, 0.1) is 0 Å². The molecule has 0 spiro atoms. The van der Waals surface area contributed by atoms with Gasteiger partial charge in [-0.15, -0.1) is 0 Å². The summed E-state index contributed by atoms with van der Waals surface area (Å²) in [5, 5.41) is 6.63. The van der Waals surface area contributed by atoms with E-state index in [0.717, 1.165) is 3.57 Å². The minimum atomic E-state index is -0.214. The molecule has 6 heteroatoms. The Morgan fingerprint density at radius 1 is 1.44 bits per heavy atom. The summed E-state index contributed by atoms with van der Waals surface area (Å²) in [6.45, 7) is 0. The van der Waals surface area contributed by atoms with Crippen LogP contribution in [0, 0.1) is 3.57 Å². The van der Waals surface area contributed by atoms with Gasteiger partial charge in [-0.2, -0.15) is 5.10 Å². The second-order valence-corrected chi connectivity index (χ2v) is 4.40. The summed E-state index contributed by atoms with van der Waals surface area (Å²) < 4.78 is 2.54. The Bertz CT molecular complexity index is 506. The van der Waals surface area contributed by atoms with E-state index in [2.05, 4.69) is 38.0 Å². The molecule has 2 aromatic heterocycles. The molecule has 2 rings (SSSR count). The standard InChI is InChI=1S/C10H9IN4O/c1-15-8(4-5-13-15)10(16)14-9-3-2-7(11)6-12-9/h2-6H,1H3,(H,12,14,16). The van der Waals surface area contributed by atoms with E-state index in [4.69, 9.17) is 0 Å². The number of anilines is 1. The minimum Gasteiger partial charge on any atom is -0.305 e. The first-order valence-corrected chi connectivity index (χ1v) is 5.65. The van der Waals surface area contributed by atoms with Gasteiger partial charge in [-0.3, -0.25) is 9.48 Å². The SMILES string of the molecule is Cn1nccc1C(=O)Nc1ccc(I)cn1. The maximum atomic E-state index is 11.8. The lowest BCUT2D eigenvalue weighted by Gasteiger charge is -2.04. The number of aryl methyl sites for hydroxylation is 1. The van der Waals surface area contributed by atoms with Crippen LogP contribution in [0.2, 0.25) is 0 Å². The third-order valence-electron chi connectivity index (χ3n) is 2.02. The Morgan fingerprint density at radius 2 is 2.25 bits per heavy atom. The van der Waals surface area contributed by atoms with Crippen LogP contribution in [0.5, 0.6) is 0 Å². The quantitative estimate of drug-likeness (QED) is 0.853. The van der Waals surface area contributed by atoms with Crippen LogP contribution in [0.4, 0.5) is 5.82 Å². The van der Waals surface area contributed by atoms with Crippen molar-refractivity contribution in [2.24, 2.45) is 7.05 Å². The predicted octanol–water partition coefficient (Wildman–Crippen LogP) is 1.67. The van der Waals surface area contributed by atoms with E-state index in [9.17, 15) is 4.79 Å². The van der Waals surface area contributed by atoms with Gasteiger partial charge in [-0.1, -0.05) is 0 Å². The molecule has 0 aliphatic carbocycles. The summed E-state index contributed by atoms with van der Waals surface area (Å²) in [7, 11) is 1.72. The van der Waals surface area contributed by atoms with Crippen molar-refractivity contribution in [3.63, 3.8) is 0 Å². The maximum absolute atomic E-state index is 11.8. The molecular weight excluding hydrogens is 319 g/mol. The Balaban J connectivity index is 2.14. The highest BCUT2D eigenvalue weighted by molar-refractivity contribution is 14.1. The molecule has 2 aromatic rings. The molecule has 5 nitrogen and oxygen atoms in total. The Hall–Kier alpha value is -1.44. The highest BCUT2D eigenvalue weighted by Gasteiger charge is 2.10. The molecule has 16 heavy (non-hydrogen) atoms. The normalized spacial score (nSPS) is 10.1. The van der Waals surface area contributed by atoms with Gasteiger partial charge >= 0.3 is 0 Å². The van der Waals surface area contributed by atoms with Crippen LogP contribution in [0.3, 0.4) is 0 Å². The molecule has 0 fully saturated rings. The number of amides is 1. The van der Waals surface area contributed by atoms with Crippen molar-refractivity contribution < 1.29 is 4.79 Å². The minimum absolute atomic E-state index is 0.214.